The summed E-state index contributed by atoms with van der Waals surface area (Å²) >= 11 is 1.59. The van der Waals surface area contributed by atoms with Crippen molar-refractivity contribution in [3.8, 4) is 0 Å². The molecule has 1 aromatic carbocycles. The Morgan fingerprint density at radius 1 is 1.64 bits per heavy atom. The molecule has 5 heteroatoms. The van der Waals surface area contributed by atoms with E-state index in [9.17, 15) is 4.39 Å². The van der Waals surface area contributed by atoms with E-state index in [0.29, 0.717) is 11.3 Å². The van der Waals surface area contributed by atoms with Crippen LogP contribution >= 0.6 is 11.8 Å². The van der Waals surface area contributed by atoms with Crippen molar-refractivity contribution in [1.29, 1.82) is 0 Å². The molecule has 0 aliphatic carbocycles. The Morgan fingerprint density at radius 3 is 2.93 bits per heavy atom. The second-order valence-electron chi connectivity index (χ2n) is 2.72. The van der Waals surface area contributed by atoms with Crippen LogP contribution in [-0.4, -0.2) is 17.3 Å². The Balaban J connectivity index is 3.15. The van der Waals surface area contributed by atoms with Crippen molar-refractivity contribution in [1.82, 2.24) is 0 Å². The third kappa shape index (κ3) is 2.38. The van der Waals surface area contributed by atoms with Crippen molar-refractivity contribution in [2.75, 3.05) is 6.26 Å². The molecule has 0 saturated heterocycles. The average Bonchev–Trinajstić information content (AvgIpc) is 2.20. The molecule has 1 aromatic rings. The molecule has 3 N–H and O–H groups in total. The van der Waals surface area contributed by atoms with Crippen molar-refractivity contribution in [2.45, 2.75) is 5.75 Å². The Kier molecular flexibility index (Phi) is 3.76. The predicted molar refractivity (Wildman–Crippen MR) is 56.1 cm³/mol. The molecule has 3 nitrogen and oxygen atoms in total. The molecule has 0 unspecified atom stereocenters. The van der Waals surface area contributed by atoms with Gasteiger partial charge >= 0.3 is 0 Å². The van der Waals surface area contributed by atoms with Gasteiger partial charge in [0.2, 0.25) is 0 Å². The Morgan fingerprint density at radius 2 is 2.36 bits per heavy atom. The summed E-state index contributed by atoms with van der Waals surface area (Å²) in [6, 6.07) is 4.26. The quantitative estimate of drug-likeness (QED) is 0.349. The summed E-state index contributed by atoms with van der Waals surface area (Å²) in [6.07, 6.45) is 1.93. The maximum absolute atomic E-state index is 12.9. The van der Waals surface area contributed by atoms with Crippen LogP contribution in [0.4, 0.5) is 4.39 Å². The van der Waals surface area contributed by atoms with Crippen molar-refractivity contribution in [2.24, 2.45) is 10.9 Å². The van der Waals surface area contributed by atoms with Gasteiger partial charge in [0, 0.05) is 11.3 Å². The van der Waals surface area contributed by atoms with Crippen molar-refractivity contribution >= 4 is 17.6 Å². The van der Waals surface area contributed by atoms with Gasteiger partial charge in [0.25, 0.3) is 0 Å². The first kappa shape index (κ1) is 10.8. The van der Waals surface area contributed by atoms with Crippen LogP contribution < -0.4 is 5.73 Å². The number of rotatable bonds is 3. The molecule has 0 aliphatic rings. The largest absolute Gasteiger partial charge is 0.409 e. The van der Waals surface area contributed by atoms with Gasteiger partial charge in [0.1, 0.15) is 5.82 Å². The number of thioether (sulfide) groups is 1. The minimum Gasteiger partial charge on any atom is -0.409 e. The molecule has 0 aromatic heterocycles. The summed E-state index contributed by atoms with van der Waals surface area (Å²) in [5.74, 6) is 0.247. The first-order valence-electron chi connectivity index (χ1n) is 3.94. The summed E-state index contributed by atoms with van der Waals surface area (Å²) < 4.78 is 12.9. The van der Waals surface area contributed by atoms with Gasteiger partial charge in [-0.15, -0.1) is 0 Å². The van der Waals surface area contributed by atoms with Crippen LogP contribution in [0.1, 0.15) is 11.1 Å². The van der Waals surface area contributed by atoms with Gasteiger partial charge in [-0.2, -0.15) is 11.8 Å². The first-order valence-corrected chi connectivity index (χ1v) is 5.33. The second-order valence-corrected chi connectivity index (χ2v) is 3.59. The zero-order chi connectivity index (χ0) is 10.6. The molecule has 0 radical (unpaired) electrons. The molecule has 14 heavy (non-hydrogen) atoms. The highest BCUT2D eigenvalue weighted by Crippen LogP contribution is 2.16. The highest BCUT2D eigenvalue weighted by Gasteiger charge is 2.07. The number of nitrogens with two attached hydrogens (primary N) is 1. The van der Waals surface area contributed by atoms with Crippen molar-refractivity contribution in [3.63, 3.8) is 0 Å². The van der Waals surface area contributed by atoms with E-state index in [1.807, 2.05) is 6.26 Å². The summed E-state index contributed by atoms with van der Waals surface area (Å²) in [5.41, 5.74) is 6.72. The van der Waals surface area contributed by atoms with E-state index in [-0.39, 0.29) is 5.84 Å². The molecular weight excluding hydrogens is 203 g/mol. The summed E-state index contributed by atoms with van der Waals surface area (Å²) in [6.45, 7) is 0. The van der Waals surface area contributed by atoms with E-state index < -0.39 is 5.82 Å². The van der Waals surface area contributed by atoms with Crippen molar-refractivity contribution in [3.05, 3.63) is 35.1 Å². The standard InChI is InChI=1S/C9H11FN2OS/c1-14-5-6-2-3-7(10)4-8(6)9(11)12-13/h2-4,13H,5H2,1H3,(H2,11,12). The molecule has 0 heterocycles. The number of nitrogens with zero attached hydrogens (tertiary/aromatic N) is 1. The number of hydrogen-bond acceptors (Lipinski definition) is 3. The molecule has 0 saturated carbocycles. The van der Waals surface area contributed by atoms with E-state index in [2.05, 4.69) is 5.16 Å². The number of benzene rings is 1. The highest BCUT2D eigenvalue weighted by atomic mass is 32.2. The van der Waals surface area contributed by atoms with Gasteiger partial charge in [0.15, 0.2) is 5.84 Å². The normalized spacial score (nSPS) is 11.7. The van der Waals surface area contributed by atoms with Crippen LogP contribution in [0.25, 0.3) is 0 Å². The van der Waals surface area contributed by atoms with Gasteiger partial charge < -0.3 is 10.9 Å². The third-order valence-electron chi connectivity index (χ3n) is 1.76. The number of oxime groups is 1. The van der Waals surface area contributed by atoms with Crippen LogP contribution in [0, 0.1) is 5.82 Å². The number of hydrogen-bond donors (Lipinski definition) is 2. The molecule has 0 fully saturated rings. The Bertz CT molecular complexity index is 355. The average molecular weight is 214 g/mol. The lowest BCUT2D eigenvalue weighted by Crippen LogP contribution is -2.15. The molecule has 0 aliphatic heterocycles. The zero-order valence-corrected chi connectivity index (χ0v) is 8.51. The molecule has 76 valence electrons. The minimum absolute atomic E-state index is 0.0615. The van der Waals surface area contributed by atoms with Crippen LogP contribution in [0.2, 0.25) is 0 Å². The minimum atomic E-state index is -0.392. The van der Waals surface area contributed by atoms with E-state index in [1.54, 1.807) is 17.8 Å². The lowest BCUT2D eigenvalue weighted by molar-refractivity contribution is 0.318. The third-order valence-corrected chi connectivity index (χ3v) is 2.36. The molecule has 1 rings (SSSR count). The van der Waals surface area contributed by atoms with Crippen molar-refractivity contribution < 1.29 is 9.60 Å². The Hall–Kier alpha value is -1.23. The lowest BCUT2D eigenvalue weighted by atomic mass is 10.1. The van der Waals surface area contributed by atoms with E-state index in [1.165, 1.54) is 12.1 Å². The molecule has 0 spiro atoms. The van der Waals surface area contributed by atoms with Gasteiger partial charge in [-0.3, -0.25) is 0 Å². The molecule has 0 bridgehead atoms. The first-order chi connectivity index (χ1) is 6.69. The van der Waals surface area contributed by atoms with Gasteiger partial charge in [-0.25, -0.2) is 4.39 Å². The maximum Gasteiger partial charge on any atom is 0.170 e. The Labute approximate surface area is 85.8 Å². The maximum atomic E-state index is 12.9. The zero-order valence-electron chi connectivity index (χ0n) is 7.70. The second kappa shape index (κ2) is 4.85. The summed E-state index contributed by atoms with van der Waals surface area (Å²) in [7, 11) is 0. The number of amidine groups is 1. The predicted octanol–water partition coefficient (Wildman–Crippen LogP) is 1.78. The van der Waals surface area contributed by atoms with Crippen LogP contribution in [0.5, 0.6) is 0 Å². The summed E-state index contributed by atoms with van der Waals surface area (Å²) in [4.78, 5) is 0. The highest BCUT2D eigenvalue weighted by molar-refractivity contribution is 7.97. The SMILES string of the molecule is CSCc1ccc(F)cc1C(N)=NO. The van der Waals surface area contributed by atoms with Gasteiger partial charge in [0.05, 0.1) is 0 Å². The van der Waals surface area contributed by atoms with Crippen LogP contribution in [0.15, 0.2) is 23.4 Å². The van der Waals surface area contributed by atoms with Crippen LogP contribution in [0.3, 0.4) is 0 Å². The fraction of sp³-hybridized carbons (Fsp3) is 0.222. The summed E-state index contributed by atoms with van der Waals surface area (Å²) in [5, 5.41) is 11.4. The topological polar surface area (TPSA) is 58.6 Å². The van der Waals surface area contributed by atoms with Gasteiger partial charge in [-0.1, -0.05) is 11.2 Å². The van der Waals surface area contributed by atoms with E-state index in [4.69, 9.17) is 10.9 Å². The fourth-order valence-corrected chi connectivity index (χ4v) is 1.69. The molecule has 0 atom stereocenters. The van der Waals surface area contributed by atoms with Gasteiger partial charge in [-0.05, 0) is 24.0 Å². The van der Waals surface area contributed by atoms with E-state index in [0.717, 1.165) is 5.56 Å². The molecular formula is C9H11FN2OS. The molecule has 0 amide bonds. The number of halogens is 1. The van der Waals surface area contributed by atoms with E-state index >= 15 is 0 Å². The lowest BCUT2D eigenvalue weighted by Gasteiger charge is -2.06. The van der Waals surface area contributed by atoms with Crippen LogP contribution in [-0.2, 0) is 5.75 Å². The fourth-order valence-electron chi connectivity index (χ4n) is 1.12. The monoisotopic (exact) mass is 214 g/mol. The smallest absolute Gasteiger partial charge is 0.170 e.